The van der Waals surface area contributed by atoms with E-state index in [1.807, 2.05) is 31.2 Å². The molecular formula is C27H27FN2O4. The standard InChI is InChI=1S/C27H27FN2O4/c1-16-2-4-19(5-3-16)27-29-25(17-6-7-17)23(13-12-21(31)14-22(32)15-24(33)34)26(30-27)18-8-10-20(28)11-9-18/h2-5,8-13,17,21-22,31-32H,6-7,14-15H2,1H3,(H,33,34)/b13-12+. The molecule has 0 saturated heterocycles. The lowest BCUT2D eigenvalue weighted by Crippen LogP contribution is -2.19. The maximum absolute atomic E-state index is 13.6. The van der Waals surface area contributed by atoms with Crippen LogP contribution in [0.2, 0.25) is 0 Å². The summed E-state index contributed by atoms with van der Waals surface area (Å²) >= 11 is 0. The Hall–Kier alpha value is -3.42. The summed E-state index contributed by atoms with van der Waals surface area (Å²) in [4.78, 5) is 20.5. The lowest BCUT2D eigenvalue weighted by Gasteiger charge is -2.15. The maximum Gasteiger partial charge on any atom is 0.305 e. The van der Waals surface area contributed by atoms with Gasteiger partial charge in [-0.05, 0) is 44.0 Å². The summed E-state index contributed by atoms with van der Waals surface area (Å²) in [6.07, 6.45) is 2.50. The molecular weight excluding hydrogens is 435 g/mol. The summed E-state index contributed by atoms with van der Waals surface area (Å²) in [5.74, 6) is -0.631. The van der Waals surface area contributed by atoms with Crippen molar-refractivity contribution in [3.8, 4) is 22.6 Å². The fraction of sp³-hybridized carbons (Fsp3) is 0.296. The first-order valence-corrected chi connectivity index (χ1v) is 11.3. The van der Waals surface area contributed by atoms with Crippen molar-refractivity contribution in [1.82, 2.24) is 9.97 Å². The van der Waals surface area contributed by atoms with Gasteiger partial charge >= 0.3 is 5.97 Å². The zero-order chi connectivity index (χ0) is 24.2. The van der Waals surface area contributed by atoms with E-state index in [0.717, 1.165) is 40.8 Å². The molecule has 2 aromatic carbocycles. The van der Waals surface area contributed by atoms with Gasteiger partial charge in [0.25, 0.3) is 0 Å². The molecule has 1 fully saturated rings. The highest BCUT2D eigenvalue weighted by atomic mass is 19.1. The van der Waals surface area contributed by atoms with Crippen LogP contribution in [-0.4, -0.2) is 43.5 Å². The highest BCUT2D eigenvalue weighted by Gasteiger charge is 2.30. The first-order chi connectivity index (χ1) is 16.3. The molecule has 1 aliphatic carbocycles. The third kappa shape index (κ3) is 5.92. The Morgan fingerprint density at radius 3 is 2.32 bits per heavy atom. The third-order valence-electron chi connectivity index (χ3n) is 5.78. The molecule has 2 atom stereocenters. The van der Waals surface area contributed by atoms with Crippen LogP contribution in [-0.2, 0) is 4.79 Å². The van der Waals surface area contributed by atoms with E-state index in [2.05, 4.69) is 0 Å². The smallest absolute Gasteiger partial charge is 0.305 e. The minimum atomic E-state index is -1.16. The average Bonchev–Trinajstić information content (AvgIpc) is 3.63. The molecule has 0 spiro atoms. The number of rotatable bonds is 9. The summed E-state index contributed by atoms with van der Waals surface area (Å²) in [6.45, 7) is 2.01. The average molecular weight is 463 g/mol. The van der Waals surface area contributed by atoms with Crippen LogP contribution >= 0.6 is 0 Å². The monoisotopic (exact) mass is 462 g/mol. The Bertz CT molecular complexity index is 1190. The van der Waals surface area contributed by atoms with Gasteiger partial charge in [-0.1, -0.05) is 42.0 Å². The molecule has 0 bridgehead atoms. The molecule has 1 aliphatic rings. The zero-order valence-electron chi connectivity index (χ0n) is 18.9. The van der Waals surface area contributed by atoms with Gasteiger partial charge in [0.2, 0.25) is 0 Å². The normalized spacial score (nSPS) is 15.4. The topological polar surface area (TPSA) is 104 Å². The minimum absolute atomic E-state index is 0.101. The number of carboxylic acid groups (broad SMARTS) is 1. The molecule has 34 heavy (non-hydrogen) atoms. The van der Waals surface area contributed by atoms with Gasteiger partial charge in [-0.15, -0.1) is 0 Å². The molecule has 3 aromatic rings. The first kappa shape index (κ1) is 23.7. The van der Waals surface area contributed by atoms with Gasteiger partial charge in [-0.2, -0.15) is 0 Å². The Morgan fingerprint density at radius 1 is 1.06 bits per heavy atom. The van der Waals surface area contributed by atoms with Crippen molar-refractivity contribution in [2.75, 3.05) is 0 Å². The van der Waals surface area contributed by atoms with Gasteiger partial charge in [0.05, 0.1) is 30.0 Å². The molecule has 1 heterocycles. The molecule has 3 N–H and O–H groups in total. The number of hydrogen-bond acceptors (Lipinski definition) is 5. The molecule has 1 aromatic heterocycles. The number of benzene rings is 2. The molecule has 4 rings (SSSR count). The highest BCUT2D eigenvalue weighted by molar-refractivity contribution is 5.76. The van der Waals surface area contributed by atoms with Crippen LogP contribution in [0.3, 0.4) is 0 Å². The van der Waals surface area contributed by atoms with Gasteiger partial charge < -0.3 is 15.3 Å². The van der Waals surface area contributed by atoms with E-state index in [0.29, 0.717) is 11.5 Å². The van der Waals surface area contributed by atoms with Crippen molar-refractivity contribution in [2.45, 2.75) is 50.7 Å². The van der Waals surface area contributed by atoms with Gasteiger partial charge in [0.15, 0.2) is 5.82 Å². The second-order valence-electron chi connectivity index (χ2n) is 8.76. The number of carboxylic acids is 1. The van der Waals surface area contributed by atoms with E-state index < -0.39 is 24.6 Å². The lowest BCUT2D eigenvalue weighted by molar-refractivity contribution is -0.139. The number of aryl methyl sites for hydroxylation is 1. The number of hydrogen-bond donors (Lipinski definition) is 3. The van der Waals surface area contributed by atoms with Crippen molar-refractivity contribution >= 4 is 12.0 Å². The molecule has 0 radical (unpaired) electrons. The number of nitrogens with zero attached hydrogens (tertiary/aromatic N) is 2. The second-order valence-corrected chi connectivity index (χ2v) is 8.76. The predicted molar refractivity (Wildman–Crippen MR) is 127 cm³/mol. The van der Waals surface area contributed by atoms with Crippen LogP contribution in [0.25, 0.3) is 28.7 Å². The molecule has 7 heteroatoms. The summed E-state index contributed by atoms with van der Waals surface area (Å²) < 4.78 is 13.6. The number of aliphatic carboxylic acids is 1. The SMILES string of the molecule is Cc1ccc(-c2nc(-c3ccc(F)cc3)c(/C=C/C(O)CC(O)CC(=O)O)c(C3CC3)n2)cc1. The van der Waals surface area contributed by atoms with Crippen LogP contribution in [0.1, 0.15) is 48.4 Å². The van der Waals surface area contributed by atoms with E-state index in [9.17, 15) is 19.4 Å². The van der Waals surface area contributed by atoms with Crippen molar-refractivity contribution < 1.29 is 24.5 Å². The van der Waals surface area contributed by atoms with Crippen LogP contribution < -0.4 is 0 Å². The van der Waals surface area contributed by atoms with Gasteiger partial charge in [-0.25, -0.2) is 14.4 Å². The Balaban J connectivity index is 1.76. The number of aliphatic hydroxyl groups is 2. The fourth-order valence-electron chi connectivity index (χ4n) is 3.83. The Kier molecular flexibility index (Phi) is 7.14. The van der Waals surface area contributed by atoms with E-state index in [1.54, 1.807) is 18.2 Å². The van der Waals surface area contributed by atoms with Gasteiger partial charge in [0, 0.05) is 29.0 Å². The Morgan fingerprint density at radius 2 is 1.71 bits per heavy atom. The maximum atomic E-state index is 13.6. The van der Waals surface area contributed by atoms with Gasteiger partial charge in [-0.3, -0.25) is 4.79 Å². The largest absolute Gasteiger partial charge is 0.481 e. The van der Waals surface area contributed by atoms with Crippen molar-refractivity contribution in [1.29, 1.82) is 0 Å². The summed E-state index contributed by atoms with van der Waals surface area (Å²) in [7, 11) is 0. The van der Waals surface area contributed by atoms with E-state index in [1.165, 1.54) is 18.2 Å². The summed E-state index contributed by atoms with van der Waals surface area (Å²) in [5, 5.41) is 29.0. The Labute approximate surface area is 197 Å². The van der Waals surface area contributed by atoms with E-state index in [-0.39, 0.29) is 18.2 Å². The molecule has 2 unspecified atom stereocenters. The van der Waals surface area contributed by atoms with E-state index >= 15 is 0 Å². The molecule has 0 amide bonds. The highest BCUT2D eigenvalue weighted by Crippen LogP contribution is 2.43. The lowest BCUT2D eigenvalue weighted by atomic mass is 9.99. The van der Waals surface area contributed by atoms with Crippen molar-refractivity contribution in [2.24, 2.45) is 0 Å². The van der Waals surface area contributed by atoms with Crippen LogP contribution in [0.4, 0.5) is 4.39 Å². The van der Waals surface area contributed by atoms with Crippen LogP contribution in [0, 0.1) is 12.7 Å². The third-order valence-corrected chi connectivity index (χ3v) is 5.78. The number of carbonyl (C=O) groups is 1. The minimum Gasteiger partial charge on any atom is -0.481 e. The number of aromatic nitrogens is 2. The van der Waals surface area contributed by atoms with Crippen molar-refractivity contribution in [3.05, 3.63) is 77.2 Å². The quantitative estimate of drug-likeness (QED) is 0.425. The van der Waals surface area contributed by atoms with Crippen LogP contribution in [0.15, 0.2) is 54.6 Å². The summed E-state index contributed by atoms with van der Waals surface area (Å²) in [5.41, 5.74) is 4.95. The molecule has 1 saturated carbocycles. The molecule has 6 nitrogen and oxygen atoms in total. The zero-order valence-corrected chi connectivity index (χ0v) is 18.9. The molecule has 0 aliphatic heterocycles. The van der Waals surface area contributed by atoms with Crippen LogP contribution in [0.5, 0.6) is 0 Å². The number of halogens is 1. The molecule has 176 valence electrons. The van der Waals surface area contributed by atoms with Gasteiger partial charge in [0.1, 0.15) is 5.82 Å². The fourth-order valence-corrected chi connectivity index (χ4v) is 3.83. The van der Waals surface area contributed by atoms with Crippen molar-refractivity contribution in [3.63, 3.8) is 0 Å². The second kappa shape index (κ2) is 10.2. The number of aliphatic hydroxyl groups excluding tert-OH is 2. The van der Waals surface area contributed by atoms with E-state index in [4.69, 9.17) is 15.1 Å². The summed E-state index contributed by atoms with van der Waals surface area (Å²) in [6, 6.07) is 14.0. The predicted octanol–water partition coefficient (Wildman–Crippen LogP) is 4.74. The first-order valence-electron chi connectivity index (χ1n) is 11.3.